The van der Waals surface area contributed by atoms with Crippen LogP contribution in [-0.4, -0.2) is 12.6 Å². The summed E-state index contributed by atoms with van der Waals surface area (Å²) in [6.07, 6.45) is 0. The molecule has 1 fully saturated rings. The number of hydrogen-bond acceptors (Lipinski definition) is 2. The Bertz CT molecular complexity index is 317. The lowest BCUT2D eigenvalue weighted by Crippen LogP contribution is -2.32. The molecular formula is C10H10O2. The van der Waals surface area contributed by atoms with Crippen molar-refractivity contribution >= 4 is 5.97 Å². The number of hydrogen-bond donors (Lipinski definition) is 0. The Morgan fingerprint density at radius 1 is 1.42 bits per heavy atom. The van der Waals surface area contributed by atoms with E-state index in [4.69, 9.17) is 4.74 Å². The Kier molecular flexibility index (Phi) is 1.61. The molecule has 0 N–H and O–H groups in total. The minimum atomic E-state index is -0.0932. The van der Waals surface area contributed by atoms with Gasteiger partial charge < -0.3 is 4.74 Å². The second kappa shape index (κ2) is 2.63. The van der Waals surface area contributed by atoms with Crippen molar-refractivity contribution in [2.24, 2.45) is 0 Å². The second-order valence-electron chi connectivity index (χ2n) is 3.04. The third-order valence-corrected chi connectivity index (χ3v) is 2.24. The maximum atomic E-state index is 11.0. The minimum absolute atomic E-state index is 0.00815. The monoisotopic (exact) mass is 162 g/mol. The third kappa shape index (κ3) is 0.998. The number of aryl methyl sites for hydroxylation is 1. The molecule has 0 saturated carbocycles. The van der Waals surface area contributed by atoms with Crippen molar-refractivity contribution in [1.82, 2.24) is 0 Å². The molecule has 12 heavy (non-hydrogen) atoms. The van der Waals surface area contributed by atoms with Crippen molar-refractivity contribution in [3.63, 3.8) is 0 Å². The highest BCUT2D eigenvalue weighted by molar-refractivity contribution is 5.83. The highest BCUT2D eigenvalue weighted by atomic mass is 16.6. The van der Waals surface area contributed by atoms with Crippen LogP contribution in [0.4, 0.5) is 0 Å². The maximum Gasteiger partial charge on any atom is 0.316 e. The van der Waals surface area contributed by atoms with Crippen molar-refractivity contribution < 1.29 is 9.53 Å². The number of carbonyl (C=O) groups is 1. The van der Waals surface area contributed by atoms with Gasteiger partial charge in [0.15, 0.2) is 0 Å². The molecule has 2 rings (SSSR count). The van der Waals surface area contributed by atoms with Crippen LogP contribution in [0.5, 0.6) is 0 Å². The zero-order chi connectivity index (χ0) is 8.55. The number of rotatable bonds is 1. The molecule has 1 aromatic carbocycles. The molecule has 1 aromatic rings. The molecule has 0 amide bonds. The lowest BCUT2D eigenvalue weighted by molar-refractivity contribution is -0.161. The number of benzene rings is 1. The molecular weight excluding hydrogens is 152 g/mol. The third-order valence-electron chi connectivity index (χ3n) is 2.24. The van der Waals surface area contributed by atoms with E-state index in [1.807, 2.05) is 31.2 Å². The minimum Gasteiger partial charge on any atom is -0.464 e. The predicted molar refractivity (Wildman–Crippen MR) is 44.9 cm³/mol. The normalized spacial score (nSPS) is 21.4. The summed E-state index contributed by atoms with van der Waals surface area (Å²) >= 11 is 0. The van der Waals surface area contributed by atoms with Gasteiger partial charge in [-0.1, -0.05) is 24.3 Å². The zero-order valence-corrected chi connectivity index (χ0v) is 6.91. The highest BCUT2D eigenvalue weighted by Crippen LogP contribution is 2.27. The van der Waals surface area contributed by atoms with Crippen molar-refractivity contribution in [3.8, 4) is 0 Å². The molecule has 1 aliphatic heterocycles. The van der Waals surface area contributed by atoms with Crippen LogP contribution < -0.4 is 0 Å². The van der Waals surface area contributed by atoms with Gasteiger partial charge in [-0.25, -0.2) is 0 Å². The standard InChI is InChI=1S/C10H10O2/c1-7-4-2-3-5-8(7)9-6-12-10(9)11/h2-5,9H,6H2,1H3. The molecule has 1 saturated heterocycles. The molecule has 62 valence electrons. The zero-order valence-electron chi connectivity index (χ0n) is 6.91. The molecule has 1 aliphatic rings. The molecule has 2 nitrogen and oxygen atoms in total. The molecule has 0 radical (unpaired) electrons. The van der Waals surface area contributed by atoms with Gasteiger partial charge in [-0.2, -0.15) is 0 Å². The van der Waals surface area contributed by atoms with Gasteiger partial charge in [0.25, 0.3) is 0 Å². The van der Waals surface area contributed by atoms with E-state index >= 15 is 0 Å². The van der Waals surface area contributed by atoms with E-state index in [0.29, 0.717) is 6.61 Å². The van der Waals surface area contributed by atoms with Gasteiger partial charge in [0.2, 0.25) is 0 Å². The summed E-state index contributed by atoms with van der Waals surface area (Å²) in [5.74, 6) is -0.101. The number of cyclic esters (lactones) is 1. The summed E-state index contributed by atoms with van der Waals surface area (Å²) in [6, 6.07) is 7.93. The second-order valence-corrected chi connectivity index (χ2v) is 3.04. The van der Waals surface area contributed by atoms with Crippen LogP contribution in [0.3, 0.4) is 0 Å². The van der Waals surface area contributed by atoms with Gasteiger partial charge in [0.1, 0.15) is 12.5 Å². The van der Waals surface area contributed by atoms with E-state index in [1.165, 1.54) is 5.56 Å². The van der Waals surface area contributed by atoms with Crippen LogP contribution in [0.1, 0.15) is 17.0 Å². The molecule has 1 heterocycles. The summed E-state index contributed by atoms with van der Waals surface area (Å²) < 4.78 is 4.71. The van der Waals surface area contributed by atoms with Crippen LogP contribution >= 0.6 is 0 Å². The summed E-state index contributed by atoms with van der Waals surface area (Å²) in [6.45, 7) is 2.56. The number of esters is 1. The Morgan fingerprint density at radius 3 is 2.67 bits per heavy atom. The Balaban J connectivity index is 2.33. The molecule has 1 unspecified atom stereocenters. The van der Waals surface area contributed by atoms with Crippen LogP contribution in [0.15, 0.2) is 24.3 Å². The Labute approximate surface area is 71.2 Å². The first kappa shape index (κ1) is 7.35. The van der Waals surface area contributed by atoms with Gasteiger partial charge >= 0.3 is 5.97 Å². The average molecular weight is 162 g/mol. The largest absolute Gasteiger partial charge is 0.464 e. The van der Waals surface area contributed by atoms with E-state index in [9.17, 15) is 4.79 Å². The molecule has 1 atom stereocenters. The molecule has 2 heteroatoms. The fraction of sp³-hybridized carbons (Fsp3) is 0.300. The topological polar surface area (TPSA) is 26.3 Å². The van der Waals surface area contributed by atoms with Crippen molar-refractivity contribution in [2.45, 2.75) is 12.8 Å². The van der Waals surface area contributed by atoms with Gasteiger partial charge in [-0.3, -0.25) is 4.79 Å². The summed E-state index contributed by atoms with van der Waals surface area (Å²) in [4.78, 5) is 11.0. The van der Waals surface area contributed by atoms with Crippen LogP contribution in [0, 0.1) is 6.92 Å². The van der Waals surface area contributed by atoms with Crippen LogP contribution in [0.25, 0.3) is 0 Å². The quantitative estimate of drug-likeness (QED) is 0.587. The predicted octanol–water partition coefficient (Wildman–Crippen LogP) is 1.64. The fourth-order valence-corrected chi connectivity index (χ4v) is 1.43. The molecule has 0 bridgehead atoms. The van der Waals surface area contributed by atoms with E-state index in [1.54, 1.807) is 0 Å². The van der Waals surface area contributed by atoms with Crippen LogP contribution in [-0.2, 0) is 9.53 Å². The fourth-order valence-electron chi connectivity index (χ4n) is 1.43. The van der Waals surface area contributed by atoms with E-state index in [0.717, 1.165) is 5.56 Å². The lowest BCUT2D eigenvalue weighted by atomic mass is 9.93. The summed E-state index contributed by atoms with van der Waals surface area (Å²) in [5.41, 5.74) is 2.27. The maximum absolute atomic E-state index is 11.0. The van der Waals surface area contributed by atoms with Gasteiger partial charge in [-0.05, 0) is 18.1 Å². The van der Waals surface area contributed by atoms with Crippen LogP contribution in [0.2, 0.25) is 0 Å². The van der Waals surface area contributed by atoms with E-state index < -0.39 is 0 Å². The highest BCUT2D eigenvalue weighted by Gasteiger charge is 2.32. The van der Waals surface area contributed by atoms with Crippen molar-refractivity contribution in [3.05, 3.63) is 35.4 Å². The molecule has 0 aromatic heterocycles. The molecule has 0 aliphatic carbocycles. The first-order valence-corrected chi connectivity index (χ1v) is 4.01. The van der Waals surface area contributed by atoms with E-state index in [2.05, 4.69) is 0 Å². The SMILES string of the molecule is Cc1ccccc1C1COC1=O. The van der Waals surface area contributed by atoms with Gasteiger partial charge in [0, 0.05) is 0 Å². The lowest BCUT2D eigenvalue weighted by Gasteiger charge is -2.25. The summed E-state index contributed by atoms with van der Waals surface area (Å²) in [7, 11) is 0. The van der Waals surface area contributed by atoms with Gasteiger partial charge in [-0.15, -0.1) is 0 Å². The first-order chi connectivity index (χ1) is 5.79. The molecule has 0 spiro atoms. The smallest absolute Gasteiger partial charge is 0.316 e. The Morgan fingerprint density at radius 2 is 2.17 bits per heavy atom. The van der Waals surface area contributed by atoms with E-state index in [-0.39, 0.29) is 11.9 Å². The number of ether oxygens (including phenoxy) is 1. The number of carbonyl (C=O) groups excluding carboxylic acids is 1. The summed E-state index contributed by atoms with van der Waals surface area (Å²) in [5, 5.41) is 0. The Hall–Kier alpha value is -1.31. The first-order valence-electron chi connectivity index (χ1n) is 4.01. The van der Waals surface area contributed by atoms with Crippen molar-refractivity contribution in [1.29, 1.82) is 0 Å². The van der Waals surface area contributed by atoms with Crippen molar-refractivity contribution in [2.75, 3.05) is 6.61 Å². The van der Waals surface area contributed by atoms with Gasteiger partial charge in [0.05, 0.1) is 0 Å². The average Bonchev–Trinajstić information content (AvgIpc) is 2.06.